The molecule has 2 N–H and O–H groups in total. The monoisotopic (exact) mass is 381 g/mol. The predicted molar refractivity (Wildman–Crippen MR) is 101 cm³/mol. The van der Waals surface area contributed by atoms with Gasteiger partial charge < -0.3 is 10.6 Å². The summed E-state index contributed by atoms with van der Waals surface area (Å²) in [5, 5.41) is 16.4. The Balaban J connectivity index is 1.75. The summed E-state index contributed by atoms with van der Waals surface area (Å²) in [6.07, 6.45) is -3.31. The first-order valence-corrected chi connectivity index (χ1v) is 8.21. The highest BCUT2D eigenvalue weighted by molar-refractivity contribution is 6.06. The van der Waals surface area contributed by atoms with Gasteiger partial charge in [-0.15, -0.1) is 0 Å². The molecule has 3 rings (SSSR count). The standard InChI is InChI=1S/C21H14F3N3O/c22-21(23,24)17-6-3-7-19(11-17)27-20(28)16(12-25)13-26-18-9-8-14-4-1-2-5-15(14)10-18/h1-11,13,26H,(H,27,28)/b16-13-. The third-order valence-corrected chi connectivity index (χ3v) is 3.95. The van der Waals surface area contributed by atoms with Gasteiger partial charge in [0.05, 0.1) is 5.56 Å². The maximum absolute atomic E-state index is 12.8. The van der Waals surface area contributed by atoms with Crippen molar-refractivity contribution in [3.05, 3.63) is 84.1 Å². The first-order valence-electron chi connectivity index (χ1n) is 8.21. The Morgan fingerprint density at radius 2 is 1.68 bits per heavy atom. The second-order valence-electron chi connectivity index (χ2n) is 5.91. The van der Waals surface area contributed by atoms with Gasteiger partial charge in [-0.05, 0) is 41.1 Å². The number of nitrogens with zero attached hydrogens (tertiary/aromatic N) is 1. The number of carbonyl (C=O) groups is 1. The Hall–Kier alpha value is -3.79. The molecule has 0 aliphatic carbocycles. The summed E-state index contributed by atoms with van der Waals surface area (Å²) in [6.45, 7) is 0. The highest BCUT2D eigenvalue weighted by atomic mass is 19.4. The maximum Gasteiger partial charge on any atom is 0.416 e. The van der Waals surface area contributed by atoms with E-state index in [2.05, 4.69) is 10.6 Å². The fraction of sp³-hybridized carbons (Fsp3) is 0.0476. The van der Waals surface area contributed by atoms with Crippen molar-refractivity contribution in [3.8, 4) is 6.07 Å². The number of nitrogens with one attached hydrogen (secondary N) is 2. The first kappa shape index (κ1) is 19.0. The van der Waals surface area contributed by atoms with Crippen molar-refractivity contribution in [1.29, 1.82) is 5.26 Å². The van der Waals surface area contributed by atoms with Gasteiger partial charge in [-0.25, -0.2) is 0 Å². The van der Waals surface area contributed by atoms with Gasteiger partial charge in [0.1, 0.15) is 11.6 Å². The van der Waals surface area contributed by atoms with Gasteiger partial charge in [0.2, 0.25) is 0 Å². The number of nitriles is 1. The molecule has 0 aliphatic heterocycles. The van der Waals surface area contributed by atoms with Crippen LogP contribution in [-0.4, -0.2) is 5.91 Å². The van der Waals surface area contributed by atoms with Crippen LogP contribution in [0.2, 0.25) is 0 Å². The molecular formula is C21H14F3N3O. The van der Waals surface area contributed by atoms with Crippen LogP contribution in [0, 0.1) is 11.3 Å². The molecule has 0 radical (unpaired) electrons. The van der Waals surface area contributed by atoms with Crippen LogP contribution in [0.4, 0.5) is 24.5 Å². The van der Waals surface area contributed by atoms with Crippen LogP contribution in [0.5, 0.6) is 0 Å². The number of rotatable bonds is 4. The molecule has 0 aliphatic rings. The lowest BCUT2D eigenvalue weighted by molar-refractivity contribution is -0.137. The van der Waals surface area contributed by atoms with Crippen LogP contribution in [0.3, 0.4) is 0 Å². The summed E-state index contributed by atoms with van der Waals surface area (Å²) in [5.41, 5.74) is -0.544. The molecule has 0 unspecified atom stereocenters. The van der Waals surface area contributed by atoms with E-state index in [-0.39, 0.29) is 11.3 Å². The van der Waals surface area contributed by atoms with Gasteiger partial charge in [-0.1, -0.05) is 36.4 Å². The number of hydrogen-bond donors (Lipinski definition) is 2. The van der Waals surface area contributed by atoms with Crippen LogP contribution in [0.1, 0.15) is 5.56 Å². The van der Waals surface area contributed by atoms with Crippen molar-refractivity contribution in [1.82, 2.24) is 0 Å². The van der Waals surface area contributed by atoms with Crippen LogP contribution in [0.15, 0.2) is 78.5 Å². The van der Waals surface area contributed by atoms with E-state index in [1.165, 1.54) is 18.3 Å². The Bertz CT molecular complexity index is 1100. The van der Waals surface area contributed by atoms with Crippen molar-refractivity contribution in [2.24, 2.45) is 0 Å². The Kier molecular flexibility index (Phi) is 5.32. The summed E-state index contributed by atoms with van der Waals surface area (Å²) in [6, 6.07) is 19.2. The van der Waals surface area contributed by atoms with Gasteiger partial charge in [-0.2, -0.15) is 18.4 Å². The molecule has 0 spiro atoms. The number of hydrogen-bond acceptors (Lipinski definition) is 3. The van der Waals surface area contributed by atoms with E-state index in [1.54, 1.807) is 12.1 Å². The molecule has 0 heterocycles. The average molecular weight is 381 g/mol. The van der Waals surface area contributed by atoms with Gasteiger partial charge in [0.25, 0.3) is 5.91 Å². The average Bonchev–Trinajstić information content (AvgIpc) is 2.68. The highest BCUT2D eigenvalue weighted by Gasteiger charge is 2.30. The summed E-state index contributed by atoms with van der Waals surface area (Å²) in [4.78, 5) is 12.2. The van der Waals surface area contributed by atoms with E-state index < -0.39 is 17.6 Å². The minimum atomic E-state index is -4.52. The molecule has 3 aromatic carbocycles. The van der Waals surface area contributed by atoms with E-state index in [0.29, 0.717) is 5.69 Å². The molecule has 4 nitrogen and oxygen atoms in total. The van der Waals surface area contributed by atoms with Crippen LogP contribution < -0.4 is 10.6 Å². The van der Waals surface area contributed by atoms with Crippen molar-refractivity contribution in [3.63, 3.8) is 0 Å². The third kappa shape index (κ3) is 4.48. The predicted octanol–water partition coefficient (Wildman–Crippen LogP) is 5.32. The normalized spacial score (nSPS) is 11.7. The minimum absolute atomic E-state index is 0.0494. The number of fused-ring (bicyclic) bond motifs is 1. The SMILES string of the molecule is N#C/C(=C/Nc1ccc2ccccc2c1)C(=O)Nc1cccc(C(F)(F)F)c1. The number of alkyl halides is 3. The van der Waals surface area contributed by atoms with Gasteiger partial charge in [0.15, 0.2) is 0 Å². The zero-order valence-electron chi connectivity index (χ0n) is 14.4. The number of carbonyl (C=O) groups excluding carboxylic acids is 1. The van der Waals surface area contributed by atoms with Crippen LogP contribution in [-0.2, 0) is 11.0 Å². The van der Waals surface area contributed by atoms with E-state index in [0.717, 1.165) is 22.9 Å². The zero-order chi connectivity index (χ0) is 20.1. The summed E-state index contributed by atoms with van der Waals surface area (Å²) >= 11 is 0. The molecule has 28 heavy (non-hydrogen) atoms. The molecule has 1 amide bonds. The molecule has 0 aromatic heterocycles. The fourth-order valence-corrected chi connectivity index (χ4v) is 2.55. The van der Waals surface area contributed by atoms with E-state index in [4.69, 9.17) is 0 Å². The lowest BCUT2D eigenvalue weighted by Crippen LogP contribution is -2.15. The highest BCUT2D eigenvalue weighted by Crippen LogP contribution is 2.30. The third-order valence-electron chi connectivity index (χ3n) is 3.95. The van der Waals surface area contributed by atoms with E-state index in [9.17, 15) is 23.2 Å². The van der Waals surface area contributed by atoms with Crippen molar-refractivity contribution < 1.29 is 18.0 Å². The number of amides is 1. The molecular weight excluding hydrogens is 367 g/mol. The van der Waals surface area contributed by atoms with Crippen molar-refractivity contribution in [2.75, 3.05) is 10.6 Å². The second kappa shape index (κ2) is 7.84. The summed E-state index contributed by atoms with van der Waals surface area (Å²) in [5.74, 6) is -0.810. The zero-order valence-corrected chi connectivity index (χ0v) is 14.4. The number of halogens is 3. The van der Waals surface area contributed by atoms with Crippen molar-refractivity contribution in [2.45, 2.75) is 6.18 Å². The smallest absolute Gasteiger partial charge is 0.360 e. The van der Waals surface area contributed by atoms with Crippen LogP contribution in [0.25, 0.3) is 10.8 Å². The summed E-state index contributed by atoms with van der Waals surface area (Å²) in [7, 11) is 0. The molecule has 0 atom stereocenters. The van der Waals surface area contributed by atoms with Gasteiger partial charge in [0, 0.05) is 17.6 Å². The molecule has 0 saturated heterocycles. The molecule has 0 saturated carbocycles. The Morgan fingerprint density at radius 1 is 0.929 bits per heavy atom. The number of benzene rings is 3. The number of anilines is 2. The Morgan fingerprint density at radius 3 is 2.39 bits per heavy atom. The second-order valence-corrected chi connectivity index (χ2v) is 5.91. The molecule has 140 valence electrons. The molecule has 0 bridgehead atoms. The van der Waals surface area contributed by atoms with E-state index >= 15 is 0 Å². The Labute approximate surface area is 158 Å². The topological polar surface area (TPSA) is 64.9 Å². The van der Waals surface area contributed by atoms with Gasteiger partial charge >= 0.3 is 6.18 Å². The lowest BCUT2D eigenvalue weighted by Gasteiger charge is -2.10. The lowest BCUT2D eigenvalue weighted by atomic mass is 10.1. The van der Waals surface area contributed by atoms with Gasteiger partial charge in [-0.3, -0.25) is 4.79 Å². The van der Waals surface area contributed by atoms with E-state index in [1.807, 2.05) is 36.4 Å². The van der Waals surface area contributed by atoms with Crippen LogP contribution >= 0.6 is 0 Å². The molecule has 7 heteroatoms. The summed E-state index contributed by atoms with van der Waals surface area (Å²) < 4.78 is 38.3. The largest absolute Gasteiger partial charge is 0.416 e. The van der Waals surface area contributed by atoms with Crippen molar-refractivity contribution >= 4 is 28.1 Å². The minimum Gasteiger partial charge on any atom is -0.360 e. The molecule has 0 fully saturated rings. The fourth-order valence-electron chi connectivity index (χ4n) is 2.55. The first-order chi connectivity index (χ1) is 13.4. The quantitative estimate of drug-likeness (QED) is 0.475. The maximum atomic E-state index is 12.8. The molecule has 3 aromatic rings.